The van der Waals surface area contributed by atoms with Crippen LogP contribution < -0.4 is 16.0 Å². The Bertz CT molecular complexity index is 231. The minimum absolute atomic E-state index is 0.0397. The van der Waals surface area contributed by atoms with E-state index in [0.29, 0.717) is 13.1 Å². The number of rotatable bonds is 4. The molecular formula is C10H19N3O2. The van der Waals surface area contributed by atoms with Crippen LogP contribution >= 0.6 is 0 Å². The lowest BCUT2D eigenvalue weighted by Gasteiger charge is -2.14. The van der Waals surface area contributed by atoms with Crippen molar-refractivity contribution in [3.8, 4) is 0 Å². The molecular weight excluding hydrogens is 194 g/mol. The van der Waals surface area contributed by atoms with Gasteiger partial charge in [-0.3, -0.25) is 9.59 Å². The molecule has 0 aromatic heterocycles. The molecule has 1 unspecified atom stereocenters. The van der Waals surface area contributed by atoms with Crippen LogP contribution in [0, 0.1) is 0 Å². The molecule has 1 rings (SSSR count). The number of amides is 2. The van der Waals surface area contributed by atoms with Crippen molar-refractivity contribution in [1.82, 2.24) is 16.0 Å². The van der Waals surface area contributed by atoms with Crippen LogP contribution in [-0.4, -0.2) is 37.5 Å². The molecule has 0 saturated carbocycles. The zero-order chi connectivity index (χ0) is 11.1. The predicted octanol–water partition coefficient (Wildman–Crippen LogP) is -0.619. The highest BCUT2D eigenvalue weighted by Gasteiger charge is 2.19. The molecule has 1 saturated heterocycles. The van der Waals surface area contributed by atoms with Crippen LogP contribution in [0.15, 0.2) is 0 Å². The molecule has 1 heterocycles. The van der Waals surface area contributed by atoms with Crippen molar-refractivity contribution < 1.29 is 9.59 Å². The van der Waals surface area contributed by atoms with E-state index in [2.05, 4.69) is 16.0 Å². The normalized spacial score (nSPS) is 21.7. The van der Waals surface area contributed by atoms with Crippen LogP contribution in [0.1, 0.15) is 26.2 Å². The molecule has 15 heavy (non-hydrogen) atoms. The fraction of sp³-hybridized carbons (Fsp3) is 0.800. The second-order valence-electron chi connectivity index (χ2n) is 3.78. The second kappa shape index (κ2) is 6.40. The summed E-state index contributed by atoms with van der Waals surface area (Å²) in [6.07, 6.45) is 3.00. The van der Waals surface area contributed by atoms with Gasteiger partial charge in [-0.25, -0.2) is 0 Å². The van der Waals surface area contributed by atoms with Gasteiger partial charge >= 0.3 is 0 Å². The van der Waals surface area contributed by atoms with Crippen molar-refractivity contribution in [3.63, 3.8) is 0 Å². The third kappa shape index (κ3) is 4.78. The first kappa shape index (κ1) is 12.0. The van der Waals surface area contributed by atoms with E-state index < -0.39 is 0 Å². The van der Waals surface area contributed by atoms with Crippen molar-refractivity contribution in [3.05, 3.63) is 0 Å². The summed E-state index contributed by atoms with van der Waals surface area (Å²) < 4.78 is 0. The summed E-state index contributed by atoms with van der Waals surface area (Å²) in [7, 11) is 0. The molecule has 0 spiro atoms. The van der Waals surface area contributed by atoms with Gasteiger partial charge in [-0.15, -0.1) is 0 Å². The maximum absolute atomic E-state index is 11.5. The van der Waals surface area contributed by atoms with E-state index in [1.165, 1.54) is 6.92 Å². The lowest BCUT2D eigenvalue weighted by atomic mass is 10.1. The third-order valence-electron chi connectivity index (χ3n) is 2.42. The fourth-order valence-corrected chi connectivity index (χ4v) is 1.62. The van der Waals surface area contributed by atoms with E-state index in [-0.39, 0.29) is 17.9 Å². The zero-order valence-corrected chi connectivity index (χ0v) is 9.14. The quantitative estimate of drug-likeness (QED) is 0.545. The summed E-state index contributed by atoms with van der Waals surface area (Å²) in [6, 6.07) is -0.0961. The summed E-state index contributed by atoms with van der Waals surface area (Å²) in [5.74, 6) is 0.0393. The van der Waals surface area contributed by atoms with Crippen LogP contribution in [0.2, 0.25) is 0 Å². The molecule has 0 aromatic rings. The second-order valence-corrected chi connectivity index (χ2v) is 3.78. The molecule has 5 nitrogen and oxygen atoms in total. The molecule has 2 amide bonds. The first-order valence-electron chi connectivity index (χ1n) is 5.45. The van der Waals surface area contributed by atoms with Gasteiger partial charge in [0, 0.05) is 26.6 Å². The Morgan fingerprint density at radius 3 is 3.00 bits per heavy atom. The molecule has 1 fully saturated rings. The Hall–Kier alpha value is -1.10. The van der Waals surface area contributed by atoms with E-state index in [4.69, 9.17) is 0 Å². The molecule has 0 bridgehead atoms. The van der Waals surface area contributed by atoms with Crippen LogP contribution in [-0.2, 0) is 9.59 Å². The maximum Gasteiger partial charge on any atom is 0.237 e. The first-order chi connectivity index (χ1) is 7.20. The van der Waals surface area contributed by atoms with Gasteiger partial charge in [0.2, 0.25) is 11.8 Å². The molecule has 0 aliphatic carbocycles. The average Bonchev–Trinajstić information content (AvgIpc) is 2.38. The maximum atomic E-state index is 11.5. The van der Waals surface area contributed by atoms with E-state index in [0.717, 1.165) is 25.8 Å². The van der Waals surface area contributed by atoms with Gasteiger partial charge in [0.15, 0.2) is 0 Å². The SMILES string of the molecule is CC(=O)NCCNC1CCCCNC1=O. The van der Waals surface area contributed by atoms with E-state index >= 15 is 0 Å². The Morgan fingerprint density at radius 1 is 1.47 bits per heavy atom. The fourth-order valence-electron chi connectivity index (χ4n) is 1.62. The minimum atomic E-state index is -0.0961. The Labute approximate surface area is 90.0 Å². The summed E-state index contributed by atoms with van der Waals surface area (Å²) in [6.45, 7) is 3.47. The minimum Gasteiger partial charge on any atom is -0.355 e. The van der Waals surface area contributed by atoms with Crippen molar-refractivity contribution in [1.29, 1.82) is 0 Å². The van der Waals surface area contributed by atoms with Gasteiger partial charge < -0.3 is 16.0 Å². The summed E-state index contributed by atoms with van der Waals surface area (Å²) in [5, 5.41) is 8.68. The van der Waals surface area contributed by atoms with E-state index in [1.807, 2.05) is 0 Å². The smallest absolute Gasteiger partial charge is 0.237 e. The van der Waals surface area contributed by atoms with Gasteiger partial charge in [0.05, 0.1) is 6.04 Å². The van der Waals surface area contributed by atoms with Gasteiger partial charge in [0.25, 0.3) is 0 Å². The summed E-state index contributed by atoms with van der Waals surface area (Å²) in [4.78, 5) is 22.1. The monoisotopic (exact) mass is 213 g/mol. The lowest BCUT2D eigenvalue weighted by molar-refractivity contribution is -0.122. The molecule has 1 aliphatic heterocycles. The Kier molecular flexibility index (Phi) is 5.10. The highest BCUT2D eigenvalue weighted by Crippen LogP contribution is 2.04. The highest BCUT2D eigenvalue weighted by atomic mass is 16.2. The molecule has 1 atom stereocenters. The topological polar surface area (TPSA) is 70.2 Å². The van der Waals surface area contributed by atoms with Gasteiger partial charge in [0.1, 0.15) is 0 Å². The zero-order valence-electron chi connectivity index (χ0n) is 9.14. The number of carbonyl (C=O) groups is 2. The molecule has 0 radical (unpaired) electrons. The van der Waals surface area contributed by atoms with Crippen molar-refractivity contribution in [2.45, 2.75) is 32.2 Å². The number of carbonyl (C=O) groups excluding carboxylic acids is 2. The molecule has 86 valence electrons. The summed E-state index contributed by atoms with van der Waals surface area (Å²) in [5.41, 5.74) is 0. The van der Waals surface area contributed by atoms with Crippen LogP contribution in [0.5, 0.6) is 0 Å². The van der Waals surface area contributed by atoms with Gasteiger partial charge in [-0.1, -0.05) is 0 Å². The van der Waals surface area contributed by atoms with Crippen molar-refractivity contribution >= 4 is 11.8 Å². The molecule has 3 N–H and O–H groups in total. The van der Waals surface area contributed by atoms with E-state index in [9.17, 15) is 9.59 Å². The van der Waals surface area contributed by atoms with Gasteiger partial charge in [-0.2, -0.15) is 0 Å². The number of hydrogen-bond donors (Lipinski definition) is 3. The highest BCUT2D eigenvalue weighted by molar-refractivity contribution is 5.81. The van der Waals surface area contributed by atoms with Crippen LogP contribution in [0.4, 0.5) is 0 Å². The van der Waals surface area contributed by atoms with Crippen LogP contribution in [0.3, 0.4) is 0 Å². The molecule has 5 heteroatoms. The largest absolute Gasteiger partial charge is 0.355 e. The van der Waals surface area contributed by atoms with Crippen molar-refractivity contribution in [2.24, 2.45) is 0 Å². The standard InChI is InChI=1S/C10H19N3O2/c1-8(14)11-6-7-12-9-4-2-3-5-13-10(9)15/h9,12H,2-7H2,1H3,(H,11,14)(H,13,15). The Morgan fingerprint density at radius 2 is 2.27 bits per heavy atom. The molecule has 1 aliphatic rings. The van der Waals surface area contributed by atoms with Gasteiger partial charge in [-0.05, 0) is 19.3 Å². The first-order valence-corrected chi connectivity index (χ1v) is 5.45. The number of nitrogens with one attached hydrogen (secondary N) is 3. The van der Waals surface area contributed by atoms with Crippen LogP contribution in [0.25, 0.3) is 0 Å². The summed E-state index contributed by atoms with van der Waals surface area (Å²) >= 11 is 0. The Balaban J connectivity index is 2.18. The molecule has 0 aromatic carbocycles. The average molecular weight is 213 g/mol. The third-order valence-corrected chi connectivity index (χ3v) is 2.42. The lowest BCUT2D eigenvalue weighted by Crippen LogP contribution is -2.45. The predicted molar refractivity (Wildman–Crippen MR) is 57.3 cm³/mol. The van der Waals surface area contributed by atoms with E-state index in [1.54, 1.807) is 0 Å². The van der Waals surface area contributed by atoms with Crippen molar-refractivity contribution in [2.75, 3.05) is 19.6 Å². The number of hydrogen-bond acceptors (Lipinski definition) is 3.